The lowest BCUT2D eigenvalue weighted by Crippen LogP contribution is -2.11. The monoisotopic (exact) mass is 290 g/mol. The molecule has 110 valence electrons. The molecule has 0 aliphatic carbocycles. The molecule has 3 aromatic rings. The minimum atomic E-state index is -0.118. The maximum absolute atomic E-state index is 12.2. The molecule has 3 nitrogen and oxygen atoms in total. The van der Waals surface area contributed by atoms with Gasteiger partial charge in [-0.3, -0.25) is 9.79 Å². The van der Waals surface area contributed by atoms with Crippen LogP contribution in [0.15, 0.2) is 52.3 Å². The van der Waals surface area contributed by atoms with E-state index in [2.05, 4.69) is 23.0 Å². The van der Waals surface area contributed by atoms with Crippen LogP contribution in [-0.4, -0.2) is 11.2 Å². The molecule has 0 aliphatic rings. The van der Waals surface area contributed by atoms with Crippen LogP contribution in [0.1, 0.15) is 22.3 Å². The van der Waals surface area contributed by atoms with Gasteiger partial charge < -0.3 is 4.98 Å². The number of aryl methyl sites for hydroxylation is 2. The first kappa shape index (κ1) is 14.3. The van der Waals surface area contributed by atoms with Crippen molar-refractivity contribution in [3.05, 3.63) is 75.1 Å². The number of hydrogen-bond acceptors (Lipinski definition) is 2. The van der Waals surface area contributed by atoms with Crippen molar-refractivity contribution >= 4 is 22.8 Å². The second-order valence-corrected chi connectivity index (χ2v) is 5.62. The molecule has 0 fully saturated rings. The number of hydrogen-bond donors (Lipinski definition) is 1. The number of fused-ring (bicyclic) bond motifs is 1. The van der Waals surface area contributed by atoms with E-state index in [0.29, 0.717) is 5.56 Å². The van der Waals surface area contributed by atoms with Crippen molar-refractivity contribution in [2.45, 2.75) is 20.8 Å². The Labute approximate surface area is 129 Å². The molecule has 1 aromatic heterocycles. The average molecular weight is 290 g/mol. The summed E-state index contributed by atoms with van der Waals surface area (Å²) >= 11 is 0. The number of benzene rings is 2. The van der Waals surface area contributed by atoms with Gasteiger partial charge in [-0.1, -0.05) is 24.3 Å². The topological polar surface area (TPSA) is 45.2 Å². The number of pyridine rings is 1. The Kier molecular flexibility index (Phi) is 3.63. The lowest BCUT2D eigenvalue weighted by molar-refractivity contribution is 1.28. The van der Waals surface area contributed by atoms with Crippen LogP contribution in [0.4, 0.5) is 5.69 Å². The summed E-state index contributed by atoms with van der Waals surface area (Å²) in [5.74, 6) is 0. The van der Waals surface area contributed by atoms with E-state index in [1.54, 1.807) is 6.21 Å². The lowest BCUT2D eigenvalue weighted by atomic mass is 10.1. The summed E-state index contributed by atoms with van der Waals surface area (Å²) < 4.78 is 0. The van der Waals surface area contributed by atoms with E-state index < -0.39 is 0 Å². The zero-order valence-electron chi connectivity index (χ0n) is 13.0. The van der Waals surface area contributed by atoms with E-state index in [1.807, 2.05) is 50.2 Å². The summed E-state index contributed by atoms with van der Waals surface area (Å²) in [6.45, 7) is 6.10. The van der Waals surface area contributed by atoms with Crippen LogP contribution >= 0.6 is 0 Å². The second kappa shape index (κ2) is 5.60. The lowest BCUT2D eigenvalue weighted by Gasteiger charge is -2.03. The van der Waals surface area contributed by atoms with Crippen LogP contribution in [0, 0.1) is 20.8 Å². The van der Waals surface area contributed by atoms with Gasteiger partial charge in [0.05, 0.1) is 11.3 Å². The largest absolute Gasteiger partial charge is 0.321 e. The van der Waals surface area contributed by atoms with Crippen molar-refractivity contribution in [1.29, 1.82) is 0 Å². The number of H-pyrrole nitrogens is 1. The molecule has 22 heavy (non-hydrogen) atoms. The summed E-state index contributed by atoms with van der Waals surface area (Å²) in [5.41, 5.74) is 5.64. The molecule has 0 amide bonds. The van der Waals surface area contributed by atoms with Crippen LogP contribution in [-0.2, 0) is 0 Å². The standard InChI is InChI=1S/C19H18N2O/c1-12-7-8-15-10-16(19(22)21-18(15)9-12)11-20-17-6-4-5-13(2)14(17)3/h4-11H,1-3H3,(H,21,22). The van der Waals surface area contributed by atoms with E-state index in [-0.39, 0.29) is 5.56 Å². The predicted molar refractivity (Wildman–Crippen MR) is 92.5 cm³/mol. The van der Waals surface area contributed by atoms with Crippen LogP contribution in [0.3, 0.4) is 0 Å². The molecule has 0 radical (unpaired) electrons. The maximum atomic E-state index is 12.2. The van der Waals surface area contributed by atoms with Gasteiger partial charge in [0, 0.05) is 11.7 Å². The van der Waals surface area contributed by atoms with Gasteiger partial charge in [-0.2, -0.15) is 0 Å². The highest BCUT2D eigenvalue weighted by atomic mass is 16.1. The first-order chi connectivity index (χ1) is 10.5. The molecule has 0 unspecified atom stereocenters. The fourth-order valence-electron chi connectivity index (χ4n) is 2.44. The molecule has 0 spiro atoms. The minimum absolute atomic E-state index is 0.118. The average Bonchev–Trinajstić information content (AvgIpc) is 2.49. The predicted octanol–water partition coefficient (Wildman–Crippen LogP) is 4.20. The molecule has 3 rings (SSSR count). The van der Waals surface area contributed by atoms with Gasteiger partial charge in [0.25, 0.3) is 5.56 Å². The van der Waals surface area contributed by atoms with Crippen LogP contribution in [0.25, 0.3) is 10.9 Å². The van der Waals surface area contributed by atoms with Gasteiger partial charge in [-0.05, 0) is 61.0 Å². The molecule has 1 N–H and O–H groups in total. The molecular weight excluding hydrogens is 272 g/mol. The summed E-state index contributed by atoms with van der Waals surface area (Å²) in [5, 5.41) is 1.01. The molecule has 0 saturated heterocycles. The van der Waals surface area contributed by atoms with E-state index in [0.717, 1.165) is 27.7 Å². The number of nitrogens with zero attached hydrogens (tertiary/aromatic N) is 1. The SMILES string of the molecule is Cc1ccc2cc(C=Nc3cccc(C)c3C)c(=O)[nH]c2c1. The van der Waals surface area contributed by atoms with Crippen molar-refractivity contribution < 1.29 is 0 Å². The molecule has 0 bridgehead atoms. The van der Waals surface area contributed by atoms with Gasteiger partial charge in [0.15, 0.2) is 0 Å². The third-order valence-electron chi connectivity index (χ3n) is 3.95. The van der Waals surface area contributed by atoms with Crippen molar-refractivity contribution in [3.63, 3.8) is 0 Å². The van der Waals surface area contributed by atoms with Crippen molar-refractivity contribution in [2.75, 3.05) is 0 Å². The summed E-state index contributed by atoms with van der Waals surface area (Å²) in [6, 6.07) is 13.9. The van der Waals surface area contributed by atoms with Crippen LogP contribution in [0.2, 0.25) is 0 Å². The summed E-state index contributed by atoms with van der Waals surface area (Å²) in [6.07, 6.45) is 1.64. The fourth-order valence-corrected chi connectivity index (χ4v) is 2.44. The number of nitrogens with one attached hydrogen (secondary N) is 1. The fraction of sp³-hybridized carbons (Fsp3) is 0.158. The van der Waals surface area contributed by atoms with Crippen molar-refractivity contribution in [3.8, 4) is 0 Å². The third kappa shape index (κ3) is 2.70. The first-order valence-electron chi connectivity index (χ1n) is 7.28. The Morgan fingerprint density at radius 1 is 1.05 bits per heavy atom. The molecule has 0 aliphatic heterocycles. The highest BCUT2D eigenvalue weighted by molar-refractivity contribution is 5.89. The zero-order chi connectivity index (χ0) is 15.7. The first-order valence-corrected chi connectivity index (χ1v) is 7.28. The summed E-state index contributed by atoms with van der Waals surface area (Å²) in [7, 11) is 0. The number of aliphatic imine (C=N–C) groups is 1. The Morgan fingerprint density at radius 2 is 1.86 bits per heavy atom. The number of aromatic nitrogens is 1. The number of rotatable bonds is 2. The van der Waals surface area contributed by atoms with Gasteiger partial charge in [0.1, 0.15) is 0 Å². The Hall–Kier alpha value is -2.68. The molecule has 1 heterocycles. The molecule has 0 atom stereocenters. The highest BCUT2D eigenvalue weighted by Crippen LogP contribution is 2.21. The third-order valence-corrected chi connectivity index (χ3v) is 3.95. The smallest absolute Gasteiger partial charge is 0.257 e. The summed E-state index contributed by atoms with van der Waals surface area (Å²) in [4.78, 5) is 19.6. The zero-order valence-corrected chi connectivity index (χ0v) is 13.0. The van der Waals surface area contributed by atoms with E-state index >= 15 is 0 Å². The van der Waals surface area contributed by atoms with E-state index in [4.69, 9.17) is 0 Å². The van der Waals surface area contributed by atoms with E-state index in [1.165, 1.54) is 5.56 Å². The maximum Gasteiger partial charge on any atom is 0.257 e. The van der Waals surface area contributed by atoms with Gasteiger partial charge in [0.2, 0.25) is 0 Å². The Bertz CT molecular complexity index is 936. The van der Waals surface area contributed by atoms with Crippen molar-refractivity contribution in [1.82, 2.24) is 4.98 Å². The highest BCUT2D eigenvalue weighted by Gasteiger charge is 2.02. The molecule has 0 saturated carbocycles. The second-order valence-electron chi connectivity index (χ2n) is 5.62. The van der Waals surface area contributed by atoms with Gasteiger partial charge in [-0.25, -0.2) is 0 Å². The van der Waals surface area contributed by atoms with Gasteiger partial charge >= 0.3 is 0 Å². The Balaban J connectivity index is 2.05. The van der Waals surface area contributed by atoms with Crippen molar-refractivity contribution in [2.24, 2.45) is 4.99 Å². The molecule has 2 aromatic carbocycles. The quantitative estimate of drug-likeness (QED) is 0.706. The van der Waals surface area contributed by atoms with Crippen LogP contribution < -0.4 is 5.56 Å². The minimum Gasteiger partial charge on any atom is -0.321 e. The van der Waals surface area contributed by atoms with Crippen LogP contribution in [0.5, 0.6) is 0 Å². The molecular formula is C19H18N2O. The van der Waals surface area contributed by atoms with E-state index in [9.17, 15) is 4.79 Å². The Morgan fingerprint density at radius 3 is 2.68 bits per heavy atom. The normalized spacial score (nSPS) is 11.4. The number of aromatic amines is 1. The molecule has 3 heteroatoms. The van der Waals surface area contributed by atoms with Gasteiger partial charge in [-0.15, -0.1) is 0 Å².